The van der Waals surface area contributed by atoms with Gasteiger partial charge in [0.1, 0.15) is 4.60 Å². The van der Waals surface area contributed by atoms with Gasteiger partial charge in [-0.05, 0) is 58.6 Å². The van der Waals surface area contributed by atoms with Crippen molar-refractivity contribution in [2.24, 2.45) is 0 Å². The zero-order chi connectivity index (χ0) is 14.2. The lowest BCUT2D eigenvalue weighted by molar-refractivity contribution is -0.118. The molecule has 0 radical (unpaired) electrons. The molecule has 3 N–H and O–H groups in total. The number of hydrogen-bond donors (Lipinski definition) is 2. The van der Waals surface area contributed by atoms with Crippen molar-refractivity contribution < 1.29 is 4.79 Å². The molecule has 0 saturated heterocycles. The van der Waals surface area contributed by atoms with Crippen LogP contribution in [0.25, 0.3) is 0 Å². The number of aromatic nitrogens is 1. The third-order valence-electron chi connectivity index (χ3n) is 3.63. The van der Waals surface area contributed by atoms with Gasteiger partial charge < -0.3 is 11.1 Å². The first-order valence-corrected chi connectivity index (χ1v) is 7.18. The van der Waals surface area contributed by atoms with E-state index in [9.17, 15) is 4.79 Å². The average molecular weight is 332 g/mol. The van der Waals surface area contributed by atoms with Gasteiger partial charge in [0.05, 0.1) is 17.3 Å². The number of amides is 1. The predicted octanol–water partition coefficient (Wildman–Crippen LogP) is 3.10. The monoisotopic (exact) mass is 331 g/mol. The summed E-state index contributed by atoms with van der Waals surface area (Å²) in [6, 6.07) is 11.2. The minimum Gasteiger partial charge on any atom is -0.399 e. The third-order valence-corrected chi connectivity index (χ3v) is 4.10. The Morgan fingerprint density at radius 3 is 2.45 bits per heavy atom. The van der Waals surface area contributed by atoms with E-state index < -0.39 is 5.41 Å². The van der Waals surface area contributed by atoms with Crippen LogP contribution >= 0.6 is 15.9 Å². The number of nitrogens with one attached hydrogen (secondary N) is 1. The van der Waals surface area contributed by atoms with Crippen molar-refractivity contribution >= 4 is 33.2 Å². The van der Waals surface area contributed by atoms with Crippen LogP contribution in [0.5, 0.6) is 0 Å². The standard InChI is InChI=1S/C15H14BrN3O/c16-13-6-5-12(9-18-13)19-14(20)15(7-8-15)10-1-3-11(17)4-2-10/h1-6,9H,7-8,17H2,(H,19,20). The van der Waals surface area contributed by atoms with Crippen molar-refractivity contribution in [1.29, 1.82) is 0 Å². The molecule has 0 aliphatic heterocycles. The molecule has 20 heavy (non-hydrogen) atoms. The second-order valence-electron chi connectivity index (χ2n) is 5.03. The highest BCUT2D eigenvalue weighted by molar-refractivity contribution is 9.10. The summed E-state index contributed by atoms with van der Waals surface area (Å²) in [6.45, 7) is 0. The molecule has 1 fully saturated rings. The van der Waals surface area contributed by atoms with Gasteiger partial charge in [0.25, 0.3) is 0 Å². The van der Waals surface area contributed by atoms with Gasteiger partial charge in [-0.3, -0.25) is 4.79 Å². The van der Waals surface area contributed by atoms with Crippen LogP contribution in [0.1, 0.15) is 18.4 Å². The van der Waals surface area contributed by atoms with E-state index in [1.54, 1.807) is 12.3 Å². The van der Waals surface area contributed by atoms with Crippen molar-refractivity contribution in [3.8, 4) is 0 Å². The number of carbonyl (C=O) groups excluding carboxylic acids is 1. The molecule has 1 amide bonds. The smallest absolute Gasteiger partial charge is 0.235 e. The summed E-state index contributed by atoms with van der Waals surface area (Å²) in [7, 11) is 0. The number of halogens is 1. The number of hydrogen-bond acceptors (Lipinski definition) is 3. The lowest BCUT2D eigenvalue weighted by atomic mass is 9.94. The SMILES string of the molecule is Nc1ccc(C2(C(=O)Nc3ccc(Br)nc3)CC2)cc1. The highest BCUT2D eigenvalue weighted by Gasteiger charge is 2.51. The fraction of sp³-hybridized carbons (Fsp3) is 0.200. The van der Waals surface area contributed by atoms with E-state index in [1.165, 1.54) is 0 Å². The zero-order valence-electron chi connectivity index (χ0n) is 10.8. The summed E-state index contributed by atoms with van der Waals surface area (Å²) in [4.78, 5) is 16.6. The van der Waals surface area contributed by atoms with Gasteiger partial charge in [-0.1, -0.05) is 12.1 Å². The molecule has 2 aromatic rings. The van der Waals surface area contributed by atoms with E-state index in [1.807, 2.05) is 30.3 Å². The molecule has 1 saturated carbocycles. The number of rotatable bonds is 3. The Morgan fingerprint density at radius 2 is 1.90 bits per heavy atom. The number of nitrogen functional groups attached to an aromatic ring is 1. The maximum absolute atomic E-state index is 12.5. The Morgan fingerprint density at radius 1 is 1.20 bits per heavy atom. The van der Waals surface area contributed by atoms with Gasteiger partial charge in [0.2, 0.25) is 5.91 Å². The molecular formula is C15H14BrN3O. The molecule has 0 spiro atoms. The minimum absolute atomic E-state index is 0.0198. The van der Waals surface area contributed by atoms with E-state index in [0.717, 1.165) is 23.0 Å². The number of nitrogens with two attached hydrogens (primary N) is 1. The summed E-state index contributed by atoms with van der Waals surface area (Å²) in [6.07, 6.45) is 3.38. The molecule has 0 unspecified atom stereocenters. The van der Waals surface area contributed by atoms with E-state index in [0.29, 0.717) is 11.4 Å². The van der Waals surface area contributed by atoms with Crippen LogP contribution in [-0.4, -0.2) is 10.9 Å². The fourth-order valence-corrected chi connectivity index (χ4v) is 2.51. The lowest BCUT2D eigenvalue weighted by Gasteiger charge is -2.16. The Kier molecular flexibility index (Phi) is 3.22. The first-order valence-electron chi connectivity index (χ1n) is 6.39. The molecule has 1 heterocycles. The van der Waals surface area contributed by atoms with Gasteiger partial charge in [0.15, 0.2) is 0 Å². The number of nitrogens with zero attached hydrogens (tertiary/aromatic N) is 1. The molecule has 4 nitrogen and oxygen atoms in total. The minimum atomic E-state index is -0.402. The topological polar surface area (TPSA) is 68.0 Å². The molecule has 0 bridgehead atoms. The van der Waals surface area contributed by atoms with Crippen molar-refractivity contribution in [2.75, 3.05) is 11.1 Å². The summed E-state index contributed by atoms with van der Waals surface area (Å²) in [5.41, 5.74) is 7.73. The molecule has 1 aliphatic carbocycles. The first-order chi connectivity index (χ1) is 9.60. The molecule has 0 atom stereocenters. The predicted molar refractivity (Wildman–Crippen MR) is 82.3 cm³/mol. The van der Waals surface area contributed by atoms with Gasteiger partial charge in [-0.15, -0.1) is 0 Å². The van der Waals surface area contributed by atoms with Gasteiger partial charge in [-0.2, -0.15) is 0 Å². The second kappa shape index (κ2) is 4.90. The summed E-state index contributed by atoms with van der Waals surface area (Å²) >= 11 is 3.27. The molecule has 5 heteroatoms. The van der Waals surface area contributed by atoms with E-state index in [4.69, 9.17) is 5.73 Å². The summed E-state index contributed by atoms with van der Waals surface area (Å²) < 4.78 is 0.746. The van der Waals surface area contributed by atoms with Crippen LogP contribution in [0.3, 0.4) is 0 Å². The normalized spacial score (nSPS) is 15.7. The largest absolute Gasteiger partial charge is 0.399 e. The number of carbonyl (C=O) groups is 1. The Balaban J connectivity index is 1.79. The fourth-order valence-electron chi connectivity index (χ4n) is 2.27. The summed E-state index contributed by atoms with van der Waals surface area (Å²) in [5, 5.41) is 2.93. The van der Waals surface area contributed by atoms with Crippen LogP contribution in [0, 0.1) is 0 Å². The maximum Gasteiger partial charge on any atom is 0.235 e. The van der Waals surface area contributed by atoms with Crippen LogP contribution in [0.15, 0.2) is 47.2 Å². The van der Waals surface area contributed by atoms with E-state index in [-0.39, 0.29) is 5.91 Å². The maximum atomic E-state index is 12.5. The first kappa shape index (κ1) is 13.1. The molecule has 1 aromatic heterocycles. The highest BCUT2D eigenvalue weighted by atomic mass is 79.9. The zero-order valence-corrected chi connectivity index (χ0v) is 12.4. The van der Waals surface area contributed by atoms with Crippen LogP contribution in [-0.2, 0) is 10.2 Å². The Hall–Kier alpha value is -1.88. The van der Waals surface area contributed by atoms with Crippen LogP contribution < -0.4 is 11.1 Å². The third kappa shape index (κ3) is 2.41. The lowest BCUT2D eigenvalue weighted by Crippen LogP contribution is -2.27. The van der Waals surface area contributed by atoms with Crippen molar-refractivity contribution in [3.63, 3.8) is 0 Å². The Bertz CT molecular complexity index is 633. The van der Waals surface area contributed by atoms with E-state index in [2.05, 4.69) is 26.2 Å². The van der Waals surface area contributed by atoms with Crippen molar-refractivity contribution in [1.82, 2.24) is 4.98 Å². The second-order valence-corrected chi connectivity index (χ2v) is 5.84. The molecule has 1 aliphatic rings. The number of benzene rings is 1. The highest BCUT2D eigenvalue weighted by Crippen LogP contribution is 2.49. The molecule has 102 valence electrons. The van der Waals surface area contributed by atoms with Gasteiger partial charge in [0, 0.05) is 5.69 Å². The molecule has 1 aromatic carbocycles. The van der Waals surface area contributed by atoms with Crippen molar-refractivity contribution in [3.05, 3.63) is 52.8 Å². The molecule has 3 rings (SSSR count). The molecular weight excluding hydrogens is 318 g/mol. The average Bonchev–Trinajstić information content (AvgIpc) is 3.24. The number of anilines is 2. The van der Waals surface area contributed by atoms with Gasteiger partial charge >= 0.3 is 0 Å². The van der Waals surface area contributed by atoms with Crippen LogP contribution in [0.4, 0.5) is 11.4 Å². The van der Waals surface area contributed by atoms with Crippen molar-refractivity contribution in [2.45, 2.75) is 18.3 Å². The number of pyridine rings is 1. The Labute approximate surface area is 125 Å². The van der Waals surface area contributed by atoms with E-state index >= 15 is 0 Å². The van der Waals surface area contributed by atoms with Gasteiger partial charge in [-0.25, -0.2) is 4.98 Å². The quantitative estimate of drug-likeness (QED) is 0.670. The van der Waals surface area contributed by atoms with Crippen LogP contribution in [0.2, 0.25) is 0 Å². The summed E-state index contributed by atoms with van der Waals surface area (Å²) in [5.74, 6) is 0.0198.